The van der Waals surface area contributed by atoms with Crippen molar-refractivity contribution < 1.29 is 33.3 Å². The fourth-order valence-electron chi connectivity index (χ4n) is 4.36. The minimum Gasteiger partial charge on any atom is -0.490 e. The minimum absolute atomic E-state index is 0.189. The molecule has 0 atom stereocenters. The molecule has 1 saturated heterocycles. The topological polar surface area (TPSA) is 103 Å². The van der Waals surface area contributed by atoms with E-state index in [9.17, 15) is 14.4 Å². The fraction of sp³-hybridized carbons (Fsp3) is 0.207. The molecule has 39 heavy (non-hydrogen) atoms. The fourth-order valence-corrected chi connectivity index (χ4v) is 4.80. The van der Waals surface area contributed by atoms with E-state index in [1.54, 1.807) is 24.3 Å². The third kappa shape index (κ3) is 5.46. The number of urea groups is 1. The van der Waals surface area contributed by atoms with E-state index < -0.39 is 17.8 Å². The molecule has 3 aromatic carbocycles. The second-order valence-corrected chi connectivity index (χ2v) is 9.89. The molecule has 0 saturated carbocycles. The van der Waals surface area contributed by atoms with E-state index in [4.69, 9.17) is 18.9 Å². The van der Waals surface area contributed by atoms with Crippen LogP contribution in [0.4, 0.5) is 10.5 Å². The summed E-state index contributed by atoms with van der Waals surface area (Å²) in [6, 6.07) is 13.5. The van der Waals surface area contributed by atoms with E-state index in [0.717, 1.165) is 21.6 Å². The van der Waals surface area contributed by atoms with Crippen molar-refractivity contribution in [3.8, 4) is 23.0 Å². The zero-order valence-corrected chi connectivity index (χ0v) is 23.1. The van der Waals surface area contributed by atoms with Gasteiger partial charge in [-0.25, -0.2) is 9.69 Å². The van der Waals surface area contributed by atoms with Crippen LogP contribution in [0.2, 0.25) is 0 Å². The summed E-state index contributed by atoms with van der Waals surface area (Å²) >= 11 is 3.52. The van der Waals surface area contributed by atoms with Crippen LogP contribution in [0.25, 0.3) is 6.08 Å². The molecule has 0 aliphatic carbocycles. The lowest BCUT2D eigenvalue weighted by Gasteiger charge is -2.27. The first-order valence-electron chi connectivity index (χ1n) is 12.2. The number of imide groups is 2. The lowest BCUT2D eigenvalue weighted by molar-refractivity contribution is -0.122. The summed E-state index contributed by atoms with van der Waals surface area (Å²) in [4.78, 5) is 39.7. The van der Waals surface area contributed by atoms with Gasteiger partial charge in [-0.15, -0.1) is 0 Å². The number of aryl methyl sites for hydroxylation is 2. The quantitative estimate of drug-likeness (QED) is 0.288. The summed E-state index contributed by atoms with van der Waals surface area (Å²) in [6.45, 7) is 6.38. The number of benzene rings is 3. The van der Waals surface area contributed by atoms with Gasteiger partial charge in [0.15, 0.2) is 23.0 Å². The number of amides is 4. The molecule has 3 aromatic rings. The van der Waals surface area contributed by atoms with Gasteiger partial charge < -0.3 is 18.9 Å². The predicted molar refractivity (Wildman–Crippen MR) is 147 cm³/mol. The lowest BCUT2D eigenvalue weighted by Crippen LogP contribution is -2.54. The lowest BCUT2D eigenvalue weighted by atomic mass is 10.0. The van der Waals surface area contributed by atoms with Crippen molar-refractivity contribution >= 4 is 45.5 Å². The van der Waals surface area contributed by atoms with E-state index in [-0.39, 0.29) is 19.0 Å². The van der Waals surface area contributed by atoms with Crippen molar-refractivity contribution in [3.05, 3.63) is 80.8 Å². The smallest absolute Gasteiger partial charge is 0.335 e. The Kier molecular flexibility index (Phi) is 7.30. The van der Waals surface area contributed by atoms with Crippen LogP contribution in [-0.4, -0.2) is 31.2 Å². The van der Waals surface area contributed by atoms with Gasteiger partial charge in [-0.1, -0.05) is 28.1 Å². The van der Waals surface area contributed by atoms with E-state index in [1.165, 1.54) is 6.08 Å². The molecule has 2 heterocycles. The Bertz CT molecular complexity index is 1510. The van der Waals surface area contributed by atoms with Gasteiger partial charge in [0.05, 0.1) is 12.3 Å². The van der Waals surface area contributed by atoms with Gasteiger partial charge >= 0.3 is 6.03 Å². The van der Waals surface area contributed by atoms with Crippen molar-refractivity contribution in [2.75, 3.05) is 18.3 Å². The number of fused-ring (bicyclic) bond motifs is 1. The van der Waals surface area contributed by atoms with Gasteiger partial charge in [0.1, 0.15) is 12.2 Å². The van der Waals surface area contributed by atoms with Crippen molar-refractivity contribution in [2.24, 2.45) is 0 Å². The number of rotatable bonds is 7. The molecule has 1 N–H and O–H groups in total. The molecule has 4 amide bonds. The van der Waals surface area contributed by atoms with E-state index in [2.05, 4.69) is 21.2 Å². The molecule has 10 heteroatoms. The highest BCUT2D eigenvalue weighted by Gasteiger charge is 2.37. The van der Waals surface area contributed by atoms with Crippen molar-refractivity contribution in [3.63, 3.8) is 0 Å². The molecule has 1 fully saturated rings. The normalized spacial score (nSPS) is 15.5. The van der Waals surface area contributed by atoms with Gasteiger partial charge in [0.25, 0.3) is 11.8 Å². The Hall–Kier alpha value is -4.31. The first-order chi connectivity index (χ1) is 18.7. The molecule has 0 spiro atoms. The Labute approximate surface area is 233 Å². The molecule has 9 nitrogen and oxygen atoms in total. The number of carbonyl (C=O) groups excluding carboxylic acids is 3. The second-order valence-electron chi connectivity index (χ2n) is 9.03. The van der Waals surface area contributed by atoms with E-state index >= 15 is 0 Å². The molecule has 0 unspecified atom stereocenters. The van der Waals surface area contributed by atoms with Crippen LogP contribution < -0.4 is 29.2 Å². The summed E-state index contributed by atoms with van der Waals surface area (Å²) in [5, 5.41) is 2.26. The van der Waals surface area contributed by atoms with Crippen LogP contribution in [0.15, 0.2) is 58.6 Å². The average Bonchev–Trinajstić information content (AvgIpc) is 3.34. The molecular weight excluding hydrogens is 568 g/mol. The Balaban J connectivity index is 1.44. The number of ether oxygens (including phenoxy) is 4. The number of halogens is 1. The predicted octanol–water partition coefficient (Wildman–Crippen LogP) is 5.44. The Morgan fingerprint density at radius 1 is 0.949 bits per heavy atom. The third-order valence-corrected chi connectivity index (χ3v) is 6.75. The maximum absolute atomic E-state index is 13.4. The van der Waals surface area contributed by atoms with Gasteiger partial charge in [-0.2, -0.15) is 0 Å². The second kappa shape index (κ2) is 10.8. The molecule has 200 valence electrons. The molecule has 2 aliphatic rings. The van der Waals surface area contributed by atoms with Gasteiger partial charge in [-0.05, 0) is 85.5 Å². The number of carbonyl (C=O) groups is 3. The largest absolute Gasteiger partial charge is 0.490 e. The molecule has 0 bridgehead atoms. The van der Waals surface area contributed by atoms with Crippen LogP contribution in [0.3, 0.4) is 0 Å². The van der Waals surface area contributed by atoms with Crippen molar-refractivity contribution in [1.82, 2.24) is 5.32 Å². The molecule has 0 aromatic heterocycles. The standard InChI is InChI=1S/C29H25BrN2O7/c1-4-36-25-12-19(22(30)13-26(25)37-14-18-5-6-23-24(10-18)39-15-38-23)11-21-27(33)31-29(35)32(28(21)34)20-8-16(2)7-17(3)9-20/h5-13H,4,14-15H2,1-3H3,(H,31,33,35)/b21-11+. The highest BCUT2D eigenvalue weighted by Crippen LogP contribution is 2.37. The van der Waals surface area contributed by atoms with E-state index in [1.807, 2.05) is 45.0 Å². The van der Waals surface area contributed by atoms with Crippen LogP contribution in [0.5, 0.6) is 23.0 Å². The number of nitrogens with zero attached hydrogens (tertiary/aromatic N) is 1. The molecule has 2 aliphatic heterocycles. The van der Waals surface area contributed by atoms with Crippen LogP contribution in [0.1, 0.15) is 29.2 Å². The van der Waals surface area contributed by atoms with Gasteiger partial charge in [0, 0.05) is 4.47 Å². The zero-order chi connectivity index (χ0) is 27.7. The van der Waals surface area contributed by atoms with Gasteiger partial charge in [0.2, 0.25) is 6.79 Å². The van der Waals surface area contributed by atoms with Crippen molar-refractivity contribution in [1.29, 1.82) is 0 Å². The summed E-state index contributed by atoms with van der Waals surface area (Å²) in [7, 11) is 0. The average molecular weight is 593 g/mol. The third-order valence-electron chi connectivity index (χ3n) is 6.06. The van der Waals surface area contributed by atoms with Crippen LogP contribution >= 0.6 is 15.9 Å². The van der Waals surface area contributed by atoms with Crippen LogP contribution in [0, 0.1) is 13.8 Å². The van der Waals surface area contributed by atoms with Crippen molar-refractivity contribution in [2.45, 2.75) is 27.4 Å². The Morgan fingerprint density at radius 3 is 2.41 bits per heavy atom. The Morgan fingerprint density at radius 2 is 1.67 bits per heavy atom. The maximum atomic E-state index is 13.4. The number of hydrogen-bond acceptors (Lipinski definition) is 7. The zero-order valence-electron chi connectivity index (χ0n) is 21.5. The summed E-state index contributed by atoms with van der Waals surface area (Å²) < 4.78 is 23.2. The highest BCUT2D eigenvalue weighted by molar-refractivity contribution is 9.10. The SMILES string of the molecule is CCOc1cc(/C=C2\C(=O)NC(=O)N(c3cc(C)cc(C)c3)C2=O)c(Br)cc1OCc1ccc2c(c1)OCO2. The van der Waals surface area contributed by atoms with Gasteiger partial charge in [-0.3, -0.25) is 14.9 Å². The molecule has 0 radical (unpaired) electrons. The number of hydrogen-bond donors (Lipinski definition) is 1. The summed E-state index contributed by atoms with van der Waals surface area (Å²) in [5.74, 6) is 0.746. The number of barbiturate groups is 1. The first kappa shape index (κ1) is 26.3. The maximum Gasteiger partial charge on any atom is 0.335 e. The monoisotopic (exact) mass is 592 g/mol. The van der Waals surface area contributed by atoms with Crippen LogP contribution in [-0.2, 0) is 16.2 Å². The molecule has 5 rings (SSSR count). The minimum atomic E-state index is -0.798. The summed E-state index contributed by atoms with van der Waals surface area (Å²) in [5.41, 5.74) is 3.34. The number of nitrogens with one attached hydrogen (secondary N) is 1. The van der Waals surface area contributed by atoms with E-state index in [0.29, 0.717) is 45.3 Å². The number of anilines is 1. The summed E-state index contributed by atoms with van der Waals surface area (Å²) in [6.07, 6.45) is 1.42. The first-order valence-corrected chi connectivity index (χ1v) is 13.0. The highest BCUT2D eigenvalue weighted by atomic mass is 79.9. The molecular formula is C29H25BrN2O7.